The molecule has 0 saturated heterocycles. The van der Waals surface area contributed by atoms with E-state index in [0.717, 1.165) is 19.3 Å². The number of hydrogen-bond donors (Lipinski definition) is 1. The van der Waals surface area contributed by atoms with Crippen LogP contribution in [-0.2, 0) is 9.59 Å². The van der Waals surface area contributed by atoms with Crippen molar-refractivity contribution >= 4 is 12.4 Å². The quantitative estimate of drug-likeness (QED) is 0.431. The monoisotopic (exact) mass is 256 g/mol. The highest BCUT2D eigenvalue weighted by Crippen LogP contribution is 2.12. The molecule has 0 aromatic rings. The third-order valence-electron chi connectivity index (χ3n) is 3.14. The maximum absolute atomic E-state index is 11.0. The minimum absolute atomic E-state index is 0.332. The second-order valence-electron chi connectivity index (χ2n) is 4.75. The molecule has 0 aliphatic rings. The molecule has 4 nitrogen and oxygen atoms in total. The zero-order valence-corrected chi connectivity index (χ0v) is 11.7. The van der Waals surface area contributed by atoms with Crippen molar-refractivity contribution in [1.29, 1.82) is 0 Å². The van der Waals surface area contributed by atoms with Gasteiger partial charge in [-0.15, -0.1) is 0 Å². The van der Waals surface area contributed by atoms with Crippen molar-refractivity contribution in [2.45, 2.75) is 58.8 Å². The van der Waals surface area contributed by atoms with E-state index < -0.39 is 5.97 Å². The van der Waals surface area contributed by atoms with Gasteiger partial charge >= 0.3 is 12.4 Å². The van der Waals surface area contributed by atoms with Gasteiger partial charge < -0.3 is 10.0 Å². The molecule has 0 saturated carbocycles. The second kappa shape index (κ2) is 11.1. The summed E-state index contributed by atoms with van der Waals surface area (Å²) in [6, 6.07) is 0. The number of carboxylic acids is 1. The van der Waals surface area contributed by atoms with Crippen molar-refractivity contribution in [2.24, 2.45) is 5.92 Å². The zero-order valence-electron chi connectivity index (χ0n) is 11.7. The van der Waals surface area contributed by atoms with Gasteiger partial charge in [0.15, 0.2) is 0 Å². The Kier molecular flexibility index (Phi) is 10.4. The summed E-state index contributed by atoms with van der Waals surface area (Å²) in [6.45, 7) is 5.32. The van der Waals surface area contributed by atoms with Gasteiger partial charge in [-0.05, 0) is 19.3 Å². The summed E-state index contributed by atoms with van der Waals surface area (Å²) in [4.78, 5) is 23.3. The van der Waals surface area contributed by atoms with Gasteiger partial charge in [-0.2, -0.15) is 0 Å². The van der Waals surface area contributed by atoms with Gasteiger partial charge in [0.1, 0.15) is 0 Å². The van der Waals surface area contributed by atoms with Crippen LogP contribution in [-0.4, -0.2) is 35.5 Å². The molecule has 0 heterocycles. The summed E-state index contributed by atoms with van der Waals surface area (Å²) in [6.07, 6.45) is 8.43. The van der Waals surface area contributed by atoms with E-state index in [2.05, 4.69) is 6.92 Å². The van der Waals surface area contributed by atoms with Crippen LogP contribution in [0.5, 0.6) is 0 Å². The van der Waals surface area contributed by atoms with Crippen molar-refractivity contribution in [3.05, 3.63) is 0 Å². The van der Waals surface area contributed by atoms with Crippen LogP contribution in [0.15, 0.2) is 0 Å². The molecule has 1 atom stereocenters. The SMILES string of the molecule is CCCCCCN([C]=O)CCC(CCC)C(=O)O. The molecule has 0 aliphatic carbocycles. The molecule has 0 aromatic heterocycles. The first-order chi connectivity index (χ1) is 8.65. The third-order valence-corrected chi connectivity index (χ3v) is 3.14. The van der Waals surface area contributed by atoms with E-state index in [4.69, 9.17) is 5.11 Å². The molecule has 0 aliphatic heterocycles. The summed E-state index contributed by atoms with van der Waals surface area (Å²) in [5.41, 5.74) is 0. The average molecular weight is 256 g/mol. The first-order valence-electron chi connectivity index (χ1n) is 7.01. The molecule has 0 aromatic carbocycles. The number of carboxylic acid groups (broad SMARTS) is 1. The topological polar surface area (TPSA) is 57.6 Å². The molecule has 0 fully saturated rings. The predicted octanol–water partition coefficient (Wildman–Crippen LogP) is 2.83. The van der Waals surface area contributed by atoms with E-state index in [0.29, 0.717) is 25.9 Å². The summed E-state index contributed by atoms with van der Waals surface area (Å²) >= 11 is 0. The maximum Gasteiger partial charge on any atom is 0.312 e. The fourth-order valence-corrected chi connectivity index (χ4v) is 1.98. The molecule has 1 unspecified atom stereocenters. The Morgan fingerprint density at radius 1 is 1.11 bits per heavy atom. The van der Waals surface area contributed by atoms with Crippen LogP contribution in [0.25, 0.3) is 0 Å². The van der Waals surface area contributed by atoms with Crippen LogP contribution in [0.1, 0.15) is 58.8 Å². The van der Waals surface area contributed by atoms with Crippen LogP contribution in [0, 0.1) is 5.92 Å². The van der Waals surface area contributed by atoms with Gasteiger partial charge in [-0.3, -0.25) is 9.59 Å². The first kappa shape index (κ1) is 16.9. The summed E-state index contributed by atoms with van der Waals surface area (Å²) in [5, 5.41) is 9.02. The average Bonchev–Trinajstić information content (AvgIpc) is 2.36. The summed E-state index contributed by atoms with van der Waals surface area (Å²) in [5.74, 6) is -1.09. The lowest BCUT2D eigenvalue weighted by molar-refractivity contribution is -0.142. The first-order valence-corrected chi connectivity index (χ1v) is 7.01. The number of nitrogens with zero attached hydrogens (tertiary/aromatic N) is 1. The van der Waals surface area contributed by atoms with E-state index in [1.54, 1.807) is 4.90 Å². The molecule has 4 heteroatoms. The minimum atomic E-state index is -0.756. The van der Waals surface area contributed by atoms with Crippen LogP contribution in [0.4, 0.5) is 0 Å². The number of aliphatic carboxylic acids is 1. The highest BCUT2D eigenvalue weighted by molar-refractivity contribution is 5.69. The summed E-state index contributed by atoms with van der Waals surface area (Å²) in [7, 11) is 0. The number of amides is 1. The smallest absolute Gasteiger partial charge is 0.312 e. The van der Waals surface area contributed by atoms with Crippen molar-refractivity contribution in [2.75, 3.05) is 13.1 Å². The van der Waals surface area contributed by atoms with Gasteiger partial charge in [0.25, 0.3) is 0 Å². The Hall–Kier alpha value is -1.06. The molecule has 1 radical (unpaired) electrons. The highest BCUT2D eigenvalue weighted by atomic mass is 16.4. The van der Waals surface area contributed by atoms with Crippen LogP contribution in [0.3, 0.4) is 0 Å². The maximum atomic E-state index is 11.0. The number of carbonyl (C=O) groups excluding carboxylic acids is 1. The van der Waals surface area contributed by atoms with E-state index >= 15 is 0 Å². The number of rotatable bonds is 12. The summed E-state index contributed by atoms with van der Waals surface area (Å²) < 4.78 is 0. The Morgan fingerprint density at radius 2 is 1.83 bits per heavy atom. The fraction of sp³-hybridized carbons (Fsp3) is 0.857. The predicted molar refractivity (Wildman–Crippen MR) is 72.1 cm³/mol. The molecular weight excluding hydrogens is 230 g/mol. The molecule has 0 bridgehead atoms. The van der Waals surface area contributed by atoms with E-state index in [-0.39, 0.29) is 5.92 Å². The molecule has 18 heavy (non-hydrogen) atoms. The van der Waals surface area contributed by atoms with Crippen molar-refractivity contribution < 1.29 is 14.7 Å². The Balaban J connectivity index is 3.89. The Bertz CT molecular complexity index is 231. The van der Waals surface area contributed by atoms with E-state index in [9.17, 15) is 9.59 Å². The van der Waals surface area contributed by atoms with Crippen molar-refractivity contribution in [3.63, 3.8) is 0 Å². The molecular formula is C14H26NO3. The third kappa shape index (κ3) is 8.09. The lowest BCUT2D eigenvalue weighted by Crippen LogP contribution is -2.27. The van der Waals surface area contributed by atoms with Gasteiger partial charge in [0.2, 0.25) is 0 Å². The number of carbonyl (C=O) groups is 1. The largest absolute Gasteiger partial charge is 0.481 e. The van der Waals surface area contributed by atoms with Crippen LogP contribution >= 0.6 is 0 Å². The Labute approximate surface area is 110 Å². The molecule has 105 valence electrons. The van der Waals surface area contributed by atoms with Crippen LogP contribution < -0.4 is 0 Å². The molecule has 0 spiro atoms. The fourth-order valence-electron chi connectivity index (χ4n) is 1.98. The standard InChI is InChI=1S/C14H26NO3/c1-3-5-6-7-10-15(12-16)11-9-13(8-4-2)14(17)18/h13H,3-11H2,1-2H3,(H,17,18). The molecule has 1 N–H and O–H groups in total. The van der Waals surface area contributed by atoms with Gasteiger partial charge in [-0.25, -0.2) is 0 Å². The highest BCUT2D eigenvalue weighted by Gasteiger charge is 2.17. The van der Waals surface area contributed by atoms with E-state index in [1.807, 2.05) is 13.3 Å². The van der Waals surface area contributed by atoms with E-state index in [1.165, 1.54) is 12.8 Å². The van der Waals surface area contributed by atoms with Gasteiger partial charge in [-0.1, -0.05) is 39.5 Å². The Morgan fingerprint density at radius 3 is 2.33 bits per heavy atom. The second-order valence-corrected chi connectivity index (χ2v) is 4.75. The number of unbranched alkanes of at least 4 members (excludes halogenated alkanes) is 3. The van der Waals surface area contributed by atoms with Crippen LogP contribution in [0.2, 0.25) is 0 Å². The van der Waals surface area contributed by atoms with Crippen molar-refractivity contribution in [3.8, 4) is 0 Å². The lowest BCUT2D eigenvalue weighted by atomic mass is 10.00. The zero-order chi connectivity index (χ0) is 13.8. The molecule has 1 amide bonds. The number of hydrogen-bond acceptors (Lipinski definition) is 2. The lowest BCUT2D eigenvalue weighted by Gasteiger charge is -2.18. The van der Waals surface area contributed by atoms with Crippen molar-refractivity contribution in [1.82, 2.24) is 4.90 Å². The molecule has 0 rings (SSSR count). The normalized spacial score (nSPS) is 12.1. The minimum Gasteiger partial charge on any atom is -0.481 e. The van der Waals surface area contributed by atoms with Gasteiger partial charge in [0, 0.05) is 13.1 Å². The van der Waals surface area contributed by atoms with Gasteiger partial charge in [0.05, 0.1) is 5.92 Å².